The number of anilines is 2. The molecule has 3 aromatic carbocycles. The number of nitro benzene ring substituents is 1. The van der Waals surface area contributed by atoms with Gasteiger partial charge in [-0.05, 0) is 60.0 Å². The molecule has 0 unspecified atom stereocenters. The van der Waals surface area contributed by atoms with Gasteiger partial charge in [-0.3, -0.25) is 24.7 Å². The Morgan fingerprint density at radius 2 is 1.67 bits per heavy atom. The van der Waals surface area contributed by atoms with Gasteiger partial charge in [0, 0.05) is 67.6 Å². The number of hydrogen-bond acceptors (Lipinski definition) is 13. The summed E-state index contributed by atoms with van der Waals surface area (Å²) < 4.78 is 28.0. The van der Waals surface area contributed by atoms with Crippen molar-refractivity contribution in [3.8, 4) is 16.9 Å². The Kier molecular flexibility index (Phi) is 12.0. The second kappa shape index (κ2) is 17.2. The summed E-state index contributed by atoms with van der Waals surface area (Å²) in [6.07, 6.45) is 3.86. The quantitative estimate of drug-likeness (QED) is 0.0605. The van der Waals surface area contributed by atoms with Gasteiger partial charge in [-0.2, -0.15) is 0 Å². The molecule has 1 aliphatic heterocycles. The number of nitrogens with one attached hydrogen (secondary N) is 2. The molecule has 1 fully saturated rings. The smallest absolute Gasteiger partial charge is 0.293 e. The van der Waals surface area contributed by atoms with E-state index in [0.29, 0.717) is 57.1 Å². The van der Waals surface area contributed by atoms with E-state index in [9.17, 15) is 33.2 Å². The van der Waals surface area contributed by atoms with Crippen LogP contribution in [0.25, 0.3) is 11.1 Å². The van der Waals surface area contributed by atoms with E-state index < -0.39 is 31.4 Å². The standard InChI is InChI=1S/C37H36N8O7S2/c46-28-22-27(24-38-25-28)31-9-5-4-6-26(31)10-15-36(47)44-19-17-43(18-20-44)35-14-13-33(40-41-35)37(48)42-54(51,52)30-11-12-32(34(23-30)45(49)50)39-16-21-53-29-7-2-1-3-8-29/h1-9,11-14,22-25,39,46H,10,15-21H2,(H,42,48). The molecule has 278 valence electrons. The van der Waals surface area contributed by atoms with Crippen LogP contribution in [0.5, 0.6) is 5.75 Å². The Labute approximate surface area is 315 Å². The number of carbonyl (C=O) groups excluding carboxylic acids is 2. The molecule has 0 spiro atoms. The number of carbonyl (C=O) groups is 2. The van der Waals surface area contributed by atoms with Gasteiger partial charge in [-0.15, -0.1) is 22.0 Å². The first kappa shape index (κ1) is 37.7. The van der Waals surface area contributed by atoms with Crippen molar-refractivity contribution in [2.75, 3.05) is 48.7 Å². The van der Waals surface area contributed by atoms with Crippen LogP contribution in [0.1, 0.15) is 22.5 Å². The number of sulfonamides is 1. The maximum atomic E-state index is 13.1. The van der Waals surface area contributed by atoms with Crippen molar-refractivity contribution in [2.24, 2.45) is 0 Å². The molecular formula is C37H36N8O7S2. The molecule has 3 heterocycles. The fraction of sp³-hybridized carbons (Fsp3) is 0.216. The minimum Gasteiger partial charge on any atom is -0.506 e. The van der Waals surface area contributed by atoms with E-state index in [1.165, 1.54) is 24.4 Å². The fourth-order valence-electron chi connectivity index (χ4n) is 5.88. The molecule has 5 aromatic rings. The van der Waals surface area contributed by atoms with E-state index in [1.807, 2.05) is 64.2 Å². The van der Waals surface area contributed by atoms with Crippen molar-refractivity contribution in [1.29, 1.82) is 0 Å². The second-order valence-electron chi connectivity index (χ2n) is 12.2. The van der Waals surface area contributed by atoms with Gasteiger partial charge in [-0.25, -0.2) is 13.1 Å². The number of aromatic nitrogens is 3. The number of aromatic hydroxyl groups is 1. The summed E-state index contributed by atoms with van der Waals surface area (Å²) in [7, 11) is -4.49. The number of nitrogens with zero attached hydrogens (tertiary/aromatic N) is 6. The number of thioether (sulfide) groups is 1. The highest BCUT2D eigenvalue weighted by molar-refractivity contribution is 7.99. The summed E-state index contributed by atoms with van der Waals surface area (Å²) in [4.78, 5) is 45.4. The van der Waals surface area contributed by atoms with Crippen LogP contribution >= 0.6 is 11.8 Å². The van der Waals surface area contributed by atoms with Gasteiger partial charge in [0.05, 0.1) is 16.0 Å². The van der Waals surface area contributed by atoms with Crippen LogP contribution in [-0.4, -0.2) is 88.8 Å². The number of benzene rings is 3. The number of nitro groups is 1. The van der Waals surface area contributed by atoms with Crippen LogP contribution in [0.3, 0.4) is 0 Å². The molecule has 17 heteroatoms. The minimum atomic E-state index is -4.49. The molecule has 0 saturated carbocycles. The van der Waals surface area contributed by atoms with Crippen molar-refractivity contribution >= 4 is 50.8 Å². The second-order valence-corrected chi connectivity index (χ2v) is 15.0. The summed E-state index contributed by atoms with van der Waals surface area (Å²) in [6.45, 7) is 2.24. The van der Waals surface area contributed by atoms with Crippen LogP contribution in [0.2, 0.25) is 0 Å². The van der Waals surface area contributed by atoms with E-state index >= 15 is 0 Å². The average Bonchev–Trinajstić information content (AvgIpc) is 3.19. The first-order chi connectivity index (χ1) is 26.1. The molecule has 2 aromatic heterocycles. The third-order valence-electron chi connectivity index (χ3n) is 8.63. The van der Waals surface area contributed by atoms with Crippen molar-refractivity contribution in [2.45, 2.75) is 22.6 Å². The lowest BCUT2D eigenvalue weighted by Gasteiger charge is -2.35. The Morgan fingerprint density at radius 3 is 2.39 bits per heavy atom. The molecule has 6 rings (SSSR count). The lowest BCUT2D eigenvalue weighted by atomic mass is 9.97. The molecule has 54 heavy (non-hydrogen) atoms. The lowest BCUT2D eigenvalue weighted by Crippen LogP contribution is -2.49. The van der Waals surface area contributed by atoms with E-state index in [4.69, 9.17) is 0 Å². The van der Waals surface area contributed by atoms with Crippen LogP contribution in [0.4, 0.5) is 17.2 Å². The summed E-state index contributed by atoms with van der Waals surface area (Å²) in [5.41, 5.74) is 2.09. The Morgan fingerprint density at radius 1 is 0.907 bits per heavy atom. The highest BCUT2D eigenvalue weighted by atomic mass is 32.2. The minimum absolute atomic E-state index is 0.00645. The predicted molar refractivity (Wildman–Crippen MR) is 204 cm³/mol. The maximum Gasteiger partial charge on any atom is 0.293 e. The van der Waals surface area contributed by atoms with Crippen molar-refractivity contribution in [3.05, 3.63) is 125 Å². The van der Waals surface area contributed by atoms with Gasteiger partial charge in [0.2, 0.25) is 5.91 Å². The molecule has 0 bridgehead atoms. The van der Waals surface area contributed by atoms with Crippen molar-refractivity contribution in [3.63, 3.8) is 0 Å². The largest absolute Gasteiger partial charge is 0.506 e. The summed E-state index contributed by atoms with van der Waals surface area (Å²) in [5, 5.41) is 32.7. The maximum absolute atomic E-state index is 13.1. The molecule has 2 amide bonds. The number of pyridine rings is 1. The Hall–Kier alpha value is -6.07. The van der Waals surface area contributed by atoms with Gasteiger partial charge in [0.1, 0.15) is 11.4 Å². The lowest BCUT2D eigenvalue weighted by molar-refractivity contribution is -0.384. The SMILES string of the molecule is O=C(NS(=O)(=O)c1ccc(NCCSc2ccccc2)c([N+](=O)[O-])c1)c1ccc(N2CCN(C(=O)CCc3ccccc3-c3cncc(O)c3)CC2)nn1. The zero-order chi connectivity index (χ0) is 38.1. The van der Waals surface area contributed by atoms with Crippen LogP contribution < -0.4 is 14.9 Å². The number of hydrogen-bond donors (Lipinski definition) is 3. The molecule has 0 atom stereocenters. The Balaban J connectivity index is 0.996. The molecular weight excluding hydrogens is 733 g/mol. The van der Waals surface area contributed by atoms with Gasteiger partial charge in [0.25, 0.3) is 21.6 Å². The van der Waals surface area contributed by atoms with Gasteiger partial charge in [-0.1, -0.05) is 42.5 Å². The van der Waals surface area contributed by atoms with Gasteiger partial charge in [0.15, 0.2) is 11.5 Å². The molecule has 0 aliphatic carbocycles. The zero-order valence-electron chi connectivity index (χ0n) is 28.9. The number of piperazine rings is 1. The summed E-state index contributed by atoms with van der Waals surface area (Å²) in [5.74, 6) is 0.0976. The van der Waals surface area contributed by atoms with E-state index in [2.05, 4.69) is 20.5 Å². The molecule has 1 saturated heterocycles. The highest BCUT2D eigenvalue weighted by Gasteiger charge is 2.26. The molecule has 3 N–H and O–H groups in total. The normalized spacial score (nSPS) is 13.0. The first-order valence-corrected chi connectivity index (χ1v) is 19.4. The third-order valence-corrected chi connectivity index (χ3v) is 11.0. The number of aryl methyl sites for hydroxylation is 1. The van der Waals surface area contributed by atoms with Crippen molar-refractivity contribution in [1.82, 2.24) is 24.8 Å². The molecule has 15 nitrogen and oxygen atoms in total. The van der Waals surface area contributed by atoms with Crippen molar-refractivity contribution < 1.29 is 28.0 Å². The summed E-state index contributed by atoms with van der Waals surface area (Å²) in [6, 6.07) is 25.2. The number of amides is 2. The number of rotatable bonds is 14. The predicted octanol–water partition coefficient (Wildman–Crippen LogP) is 4.76. The molecule has 1 aliphatic rings. The van der Waals surface area contributed by atoms with Crippen LogP contribution in [0, 0.1) is 10.1 Å². The van der Waals surface area contributed by atoms with Gasteiger partial charge < -0.3 is 20.2 Å². The fourth-order valence-corrected chi connectivity index (χ4v) is 7.65. The van der Waals surface area contributed by atoms with E-state index in [0.717, 1.165) is 27.7 Å². The third kappa shape index (κ3) is 9.47. The van der Waals surface area contributed by atoms with E-state index in [1.54, 1.807) is 35.0 Å². The van der Waals surface area contributed by atoms with E-state index in [-0.39, 0.29) is 23.0 Å². The summed E-state index contributed by atoms with van der Waals surface area (Å²) >= 11 is 1.57. The average molecular weight is 769 g/mol. The monoisotopic (exact) mass is 768 g/mol. The van der Waals surface area contributed by atoms with Crippen LogP contribution in [-0.2, 0) is 21.2 Å². The zero-order valence-corrected chi connectivity index (χ0v) is 30.5. The first-order valence-electron chi connectivity index (χ1n) is 16.9. The van der Waals surface area contributed by atoms with Crippen LogP contribution in [0.15, 0.2) is 113 Å². The van der Waals surface area contributed by atoms with Gasteiger partial charge >= 0.3 is 0 Å². The Bertz CT molecular complexity index is 2240. The molecule has 0 radical (unpaired) electrons. The topological polar surface area (TPSA) is 201 Å². The highest BCUT2D eigenvalue weighted by Crippen LogP contribution is 2.29.